The molecule has 1 amide bonds. The normalized spacial score (nSPS) is 13.8. The van der Waals surface area contributed by atoms with E-state index in [9.17, 15) is 18.0 Å². The second-order valence-corrected chi connectivity index (χ2v) is 10.7. The van der Waals surface area contributed by atoms with Crippen LogP contribution in [-0.2, 0) is 12.6 Å². The largest absolute Gasteiger partial charge is 0.416 e. The summed E-state index contributed by atoms with van der Waals surface area (Å²) >= 11 is 1.19. The molecule has 214 valence electrons. The van der Waals surface area contributed by atoms with Crippen LogP contribution >= 0.6 is 11.3 Å². The Morgan fingerprint density at radius 1 is 0.976 bits per heavy atom. The molecule has 0 bridgehead atoms. The van der Waals surface area contributed by atoms with Crippen molar-refractivity contribution in [3.8, 4) is 0 Å². The highest BCUT2D eigenvalue weighted by Gasteiger charge is 2.31. The van der Waals surface area contributed by atoms with Crippen LogP contribution in [0.15, 0.2) is 48.7 Å². The maximum absolute atomic E-state index is 13.2. The Morgan fingerprint density at radius 3 is 2.34 bits per heavy atom. The van der Waals surface area contributed by atoms with Gasteiger partial charge in [0.1, 0.15) is 10.7 Å². The first-order valence-corrected chi connectivity index (χ1v) is 13.9. The van der Waals surface area contributed by atoms with E-state index >= 15 is 0 Å². The number of nitrogens with zero attached hydrogens (tertiary/aromatic N) is 6. The van der Waals surface area contributed by atoms with Gasteiger partial charge in [-0.3, -0.25) is 10.1 Å². The Kier molecular flexibility index (Phi) is 8.06. The molecule has 1 aliphatic heterocycles. The van der Waals surface area contributed by atoms with E-state index in [4.69, 9.17) is 0 Å². The number of benzene rings is 2. The first-order valence-electron chi connectivity index (χ1n) is 13.1. The number of hydrogen-bond donors (Lipinski definition) is 2. The molecule has 4 aromatic rings. The Balaban J connectivity index is 1.26. The molecule has 0 aliphatic carbocycles. The number of alkyl halides is 3. The lowest BCUT2D eigenvalue weighted by Gasteiger charge is -2.36. The van der Waals surface area contributed by atoms with E-state index in [0.717, 1.165) is 22.9 Å². The van der Waals surface area contributed by atoms with Gasteiger partial charge in [-0.1, -0.05) is 42.5 Å². The number of aromatic nitrogens is 4. The maximum atomic E-state index is 13.2. The first kappa shape index (κ1) is 28.3. The molecule has 1 fully saturated rings. The van der Waals surface area contributed by atoms with Gasteiger partial charge in [0, 0.05) is 44.0 Å². The highest BCUT2D eigenvalue weighted by Crippen LogP contribution is 2.32. The van der Waals surface area contributed by atoms with E-state index in [1.54, 1.807) is 6.07 Å². The van der Waals surface area contributed by atoms with Crippen LogP contribution in [0.25, 0.3) is 0 Å². The lowest BCUT2D eigenvalue weighted by Crippen LogP contribution is -2.47. The van der Waals surface area contributed by atoms with Crippen molar-refractivity contribution in [2.45, 2.75) is 33.4 Å². The van der Waals surface area contributed by atoms with Crippen molar-refractivity contribution < 1.29 is 18.0 Å². The lowest BCUT2D eigenvalue weighted by atomic mass is 10.1. The summed E-state index contributed by atoms with van der Waals surface area (Å²) in [5.74, 6) is 1.12. The minimum Gasteiger partial charge on any atom is -0.368 e. The molecule has 5 rings (SSSR count). The highest BCUT2D eigenvalue weighted by atomic mass is 32.1. The molecule has 0 atom stereocenters. The van der Waals surface area contributed by atoms with Crippen LogP contribution in [0, 0.1) is 13.8 Å². The molecule has 2 aromatic carbocycles. The van der Waals surface area contributed by atoms with Crippen molar-refractivity contribution in [2.75, 3.05) is 46.6 Å². The lowest BCUT2D eigenvalue weighted by molar-refractivity contribution is -0.137. The number of nitrogens with one attached hydrogen (secondary N) is 2. The maximum Gasteiger partial charge on any atom is 0.416 e. The Morgan fingerprint density at radius 2 is 1.66 bits per heavy atom. The van der Waals surface area contributed by atoms with E-state index in [0.29, 0.717) is 66.0 Å². The van der Waals surface area contributed by atoms with Gasteiger partial charge in [0.15, 0.2) is 5.13 Å². The predicted molar refractivity (Wildman–Crippen MR) is 154 cm³/mol. The Bertz CT molecular complexity index is 1530. The standard InChI is InChI=1S/C28H29F3N8OS/c1-4-22-33-25(37-27-32-16-21(41-27)24(40)35-23-17(2)7-5-8-18(23)3)36-26(34-22)39-13-11-38(12-14-39)20-10-6-9-19(15-20)28(29,30)31/h5-10,15-16H,4,11-14H2,1-3H3,(H,35,40)(H,32,33,34,36,37). The molecule has 0 spiro atoms. The zero-order chi connectivity index (χ0) is 29.1. The summed E-state index contributed by atoms with van der Waals surface area (Å²) in [5, 5.41) is 6.52. The number of para-hydroxylation sites is 1. The van der Waals surface area contributed by atoms with E-state index < -0.39 is 11.7 Å². The zero-order valence-corrected chi connectivity index (χ0v) is 23.6. The van der Waals surface area contributed by atoms with Crippen molar-refractivity contribution in [3.05, 3.63) is 76.1 Å². The minimum absolute atomic E-state index is 0.253. The molecular formula is C28H29F3N8OS. The van der Waals surface area contributed by atoms with Gasteiger partial charge in [-0.15, -0.1) is 0 Å². The molecule has 0 unspecified atom stereocenters. The van der Waals surface area contributed by atoms with E-state index in [1.165, 1.54) is 29.7 Å². The number of rotatable bonds is 7. The summed E-state index contributed by atoms with van der Waals surface area (Å²) < 4.78 is 39.5. The Hall–Kier alpha value is -4.26. The molecule has 0 saturated carbocycles. The van der Waals surface area contributed by atoms with Crippen molar-refractivity contribution >= 4 is 45.6 Å². The van der Waals surface area contributed by atoms with Crippen molar-refractivity contribution in [1.82, 2.24) is 19.9 Å². The number of carbonyl (C=O) groups excluding carboxylic acids is 1. The molecule has 9 nitrogen and oxygen atoms in total. The number of anilines is 5. The van der Waals surface area contributed by atoms with E-state index in [2.05, 4.69) is 30.6 Å². The fourth-order valence-corrected chi connectivity index (χ4v) is 5.23. The van der Waals surface area contributed by atoms with E-state index in [-0.39, 0.29) is 5.91 Å². The quantitative estimate of drug-likeness (QED) is 0.280. The first-order chi connectivity index (χ1) is 19.6. The number of aryl methyl sites for hydroxylation is 3. The number of carbonyl (C=O) groups is 1. The average Bonchev–Trinajstić information content (AvgIpc) is 3.43. The number of hydrogen-bond acceptors (Lipinski definition) is 9. The molecule has 0 radical (unpaired) electrons. The fourth-order valence-electron chi connectivity index (χ4n) is 4.53. The molecule has 2 aromatic heterocycles. The molecule has 13 heteroatoms. The van der Waals surface area contributed by atoms with Gasteiger partial charge < -0.3 is 15.1 Å². The van der Waals surface area contributed by atoms with Crippen molar-refractivity contribution in [1.29, 1.82) is 0 Å². The summed E-state index contributed by atoms with van der Waals surface area (Å²) in [5.41, 5.74) is 2.60. The number of amides is 1. The second-order valence-electron chi connectivity index (χ2n) is 9.63. The zero-order valence-electron chi connectivity index (χ0n) is 22.8. The van der Waals surface area contributed by atoms with Crippen LogP contribution in [0.4, 0.5) is 41.6 Å². The minimum atomic E-state index is -4.38. The SMILES string of the molecule is CCc1nc(Nc2ncc(C(=O)Nc3c(C)cccc3C)s2)nc(N2CCN(c3cccc(C(F)(F)F)c3)CC2)n1. The van der Waals surface area contributed by atoms with Crippen molar-refractivity contribution in [2.24, 2.45) is 0 Å². The third-order valence-electron chi connectivity index (χ3n) is 6.76. The topological polar surface area (TPSA) is 99.2 Å². The van der Waals surface area contributed by atoms with Crippen LogP contribution in [0.5, 0.6) is 0 Å². The third-order valence-corrected chi connectivity index (χ3v) is 7.67. The summed E-state index contributed by atoms with van der Waals surface area (Å²) in [6.45, 7) is 7.92. The van der Waals surface area contributed by atoms with Gasteiger partial charge in [0.05, 0.1) is 11.8 Å². The third kappa shape index (κ3) is 6.56. The Labute approximate surface area is 239 Å². The van der Waals surface area contributed by atoms with Crippen LogP contribution in [0.3, 0.4) is 0 Å². The van der Waals surface area contributed by atoms with Gasteiger partial charge in [0.2, 0.25) is 11.9 Å². The molecule has 3 heterocycles. The molecule has 41 heavy (non-hydrogen) atoms. The van der Waals surface area contributed by atoms with Gasteiger partial charge >= 0.3 is 6.18 Å². The van der Waals surface area contributed by atoms with Gasteiger partial charge in [-0.25, -0.2) is 4.98 Å². The van der Waals surface area contributed by atoms with E-state index in [1.807, 2.05) is 48.8 Å². The van der Waals surface area contributed by atoms with Crippen LogP contribution in [0.2, 0.25) is 0 Å². The summed E-state index contributed by atoms with van der Waals surface area (Å²) in [6, 6.07) is 11.2. The second kappa shape index (κ2) is 11.7. The van der Waals surface area contributed by atoms with Crippen molar-refractivity contribution in [3.63, 3.8) is 0 Å². The monoisotopic (exact) mass is 582 g/mol. The molecule has 1 aliphatic rings. The summed E-state index contributed by atoms with van der Waals surface area (Å²) in [7, 11) is 0. The number of halogens is 3. The molecular weight excluding hydrogens is 553 g/mol. The summed E-state index contributed by atoms with van der Waals surface area (Å²) in [4.78, 5) is 35.2. The van der Waals surface area contributed by atoms with Crippen LogP contribution < -0.4 is 20.4 Å². The molecule has 2 N–H and O–H groups in total. The predicted octanol–water partition coefficient (Wildman–Crippen LogP) is 5.85. The van der Waals surface area contributed by atoms with Gasteiger partial charge in [-0.05, 0) is 43.2 Å². The summed E-state index contributed by atoms with van der Waals surface area (Å²) in [6.07, 6.45) is -2.30. The van der Waals surface area contributed by atoms with Crippen LogP contribution in [-0.4, -0.2) is 52.0 Å². The van der Waals surface area contributed by atoms with Gasteiger partial charge in [-0.2, -0.15) is 28.1 Å². The fraction of sp³-hybridized carbons (Fsp3) is 0.321. The highest BCUT2D eigenvalue weighted by molar-refractivity contribution is 7.17. The van der Waals surface area contributed by atoms with Gasteiger partial charge in [0.25, 0.3) is 5.91 Å². The van der Waals surface area contributed by atoms with Crippen LogP contribution in [0.1, 0.15) is 39.1 Å². The average molecular weight is 583 g/mol. The molecule has 1 saturated heterocycles. The smallest absolute Gasteiger partial charge is 0.368 e. The number of piperazine rings is 1. The number of thiazole rings is 1.